The van der Waals surface area contributed by atoms with Crippen molar-refractivity contribution < 1.29 is 19.0 Å². The van der Waals surface area contributed by atoms with Crippen molar-refractivity contribution >= 4 is 45.0 Å². The molecule has 0 unspecified atom stereocenters. The number of hydrogen-bond donors (Lipinski definition) is 0. The van der Waals surface area contributed by atoms with E-state index in [4.69, 9.17) is 19.2 Å². The van der Waals surface area contributed by atoms with Crippen LogP contribution in [0.1, 0.15) is 29.3 Å². The maximum atomic E-state index is 13.8. The first-order chi connectivity index (χ1) is 16.6. The molecule has 0 aliphatic carbocycles. The predicted octanol–water partition coefficient (Wildman–Crippen LogP) is 5.24. The van der Waals surface area contributed by atoms with Crippen LogP contribution in [0, 0.1) is 0 Å². The topological polar surface area (TPSA) is 78.7 Å². The number of hydrogen-bond acceptors (Lipinski definition) is 7. The van der Waals surface area contributed by atoms with Crippen LogP contribution in [0.3, 0.4) is 0 Å². The highest BCUT2D eigenvalue weighted by molar-refractivity contribution is 7.22. The van der Waals surface area contributed by atoms with Gasteiger partial charge in [0.05, 0.1) is 37.9 Å². The SMILES string of the molecule is CCc1ccc2nc(N(CCCn3ccnc3)C(=O)c3cc(OC)c(OC)c(OC)c3)sc2c1.Cl. The van der Waals surface area contributed by atoms with E-state index in [2.05, 4.69) is 24.0 Å². The average Bonchev–Trinajstić information content (AvgIpc) is 3.54. The summed E-state index contributed by atoms with van der Waals surface area (Å²) >= 11 is 1.52. The van der Waals surface area contributed by atoms with E-state index in [9.17, 15) is 4.79 Å². The number of carbonyl (C=O) groups excluding carboxylic acids is 1. The monoisotopic (exact) mass is 516 g/mol. The first-order valence-electron chi connectivity index (χ1n) is 11.0. The lowest BCUT2D eigenvalue weighted by atomic mass is 10.1. The van der Waals surface area contributed by atoms with Crippen LogP contribution in [0.2, 0.25) is 0 Å². The molecule has 10 heteroatoms. The minimum atomic E-state index is -0.181. The van der Waals surface area contributed by atoms with Crippen LogP contribution in [0.5, 0.6) is 17.2 Å². The smallest absolute Gasteiger partial charge is 0.260 e. The first kappa shape index (κ1) is 26.3. The van der Waals surface area contributed by atoms with Gasteiger partial charge in [-0.2, -0.15) is 0 Å². The van der Waals surface area contributed by atoms with Gasteiger partial charge in [-0.1, -0.05) is 24.3 Å². The van der Waals surface area contributed by atoms with Gasteiger partial charge in [0.25, 0.3) is 5.91 Å². The number of thiazole rings is 1. The Bertz CT molecular complexity index is 1250. The van der Waals surface area contributed by atoms with Gasteiger partial charge in [-0.3, -0.25) is 9.69 Å². The molecule has 8 nitrogen and oxygen atoms in total. The normalized spacial score (nSPS) is 10.6. The third kappa shape index (κ3) is 5.68. The quantitative estimate of drug-likeness (QED) is 0.287. The fourth-order valence-corrected chi connectivity index (χ4v) is 4.82. The predicted molar refractivity (Wildman–Crippen MR) is 141 cm³/mol. The molecule has 2 heterocycles. The molecule has 2 aromatic heterocycles. The third-order valence-electron chi connectivity index (χ3n) is 5.59. The number of aromatic nitrogens is 3. The summed E-state index contributed by atoms with van der Waals surface area (Å²) < 4.78 is 19.4. The van der Waals surface area contributed by atoms with Crippen LogP contribution >= 0.6 is 23.7 Å². The zero-order valence-electron chi connectivity index (χ0n) is 20.2. The van der Waals surface area contributed by atoms with Gasteiger partial charge in [0.1, 0.15) is 0 Å². The highest BCUT2D eigenvalue weighted by Gasteiger charge is 2.24. The molecular formula is C25H29ClN4O4S. The van der Waals surface area contributed by atoms with E-state index in [0.717, 1.165) is 29.6 Å². The van der Waals surface area contributed by atoms with Crippen molar-refractivity contribution in [2.75, 3.05) is 32.8 Å². The molecule has 35 heavy (non-hydrogen) atoms. The number of nitrogens with zero attached hydrogens (tertiary/aromatic N) is 4. The van der Waals surface area contributed by atoms with Gasteiger partial charge < -0.3 is 18.8 Å². The second-order valence-corrected chi connectivity index (χ2v) is 8.69. The number of fused-ring (bicyclic) bond motifs is 1. The zero-order valence-corrected chi connectivity index (χ0v) is 21.8. The van der Waals surface area contributed by atoms with E-state index >= 15 is 0 Å². The Morgan fingerprint density at radius 2 is 1.83 bits per heavy atom. The molecule has 2 aromatic carbocycles. The van der Waals surface area contributed by atoms with Crippen LogP contribution in [0.25, 0.3) is 10.2 Å². The van der Waals surface area contributed by atoms with Gasteiger partial charge >= 0.3 is 0 Å². The van der Waals surface area contributed by atoms with Crippen LogP contribution in [-0.2, 0) is 13.0 Å². The lowest BCUT2D eigenvalue weighted by Gasteiger charge is -2.21. The molecule has 0 N–H and O–H groups in total. The van der Waals surface area contributed by atoms with Crippen molar-refractivity contribution in [3.8, 4) is 17.2 Å². The Kier molecular flexibility index (Phi) is 8.95. The van der Waals surface area contributed by atoms with Crippen molar-refractivity contribution in [1.82, 2.24) is 14.5 Å². The van der Waals surface area contributed by atoms with Gasteiger partial charge in [-0.25, -0.2) is 9.97 Å². The van der Waals surface area contributed by atoms with E-state index in [0.29, 0.717) is 34.5 Å². The Hall–Kier alpha value is -3.30. The fourth-order valence-electron chi connectivity index (χ4n) is 3.77. The molecular weight excluding hydrogens is 488 g/mol. The summed E-state index contributed by atoms with van der Waals surface area (Å²) in [6.07, 6.45) is 7.12. The maximum absolute atomic E-state index is 13.8. The van der Waals surface area contributed by atoms with Gasteiger partial charge in [0.15, 0.2) is 16.6 Å². The minimum absolute atomic E-state index is 0. The number of imidazole rings is 1. The molecule has 0 atom stereocenters. The van der Waals surface area contributed by atoms with E-state index in [1.807, 2.05) is 16.8 Å². The van der Waals surface area contributed by atoms with Gasteiger partial charge in [-0.15, -0.1) is 12.4 Å². The molecule has 1 amide bonds. The average molecular weight is 517 g/mol. The number of rotatable bonds is 10. The van der Waals surface area contributed by atoms with E-state index in [-0.39, 0.29) is 18.3 Å². The Balaban J connectivity index is 0.00000342. The zero-order chi connectivity index (χ0) is 24.1. The second kappa shape index (κ2) is 11.9. The Labute approximate surface area is 214 Å². The summed E-state index contributed by atoms with van der Waals surface area (Å²) in [5.41, 5.74) is 2.56. The van der Waals surface area contributed by atoms with E-state index < -0.39 is 0 Å². The maximum Gasteiger partial charge on any atom is 0.260 e. The number of halogens is 1. The molecule has 0 radical (unpaired) electrons. The summed E-state index contributed by atoms with van der Waals surface area (Å²) in [6.45, 7) is 3.36. The summed E-state index contributed by atoms with van der Waals surface area (Å²) in [4.78, 5) is 24.4. The molecule has 0 bridgehead atoms. The molecule has 0 aliphatic rings. The molecule has 0 aliphatic heterocycles. The Morgan fingerprint density at radius 3 is 2.43 bits per heavy atom. The lowest BCUT2D eigenvalue weighted by Crippen LogP contribution is -2.32. The number of ether oxygens (including phenoxy) is 3. The van der Waals surface area contributed by atoms with E-state index in [1.54, 1.807) is 29.6 Å². The van der Waals surface area contributed by atoms with Crippen LogP contribution < -0.4 is 19.1 Å². The number of benzene rings is 2. The summed E-state index contributed by atoms with van der Waals surface area (Å²) in [5, 5.41) is 0.660. The fraction of sp³-hybridized carbons (Fsp3) is 0.320. The number of aryl methyl sites for hydroxylation is 2. The molecule has 0 spiro atoms. The van der Waals surface area contributed by atoms with Gasteiger partial charge in [0, 0.05) is 31.0 Å². The molecule has 4 aromatic rings. The first-order valence-corrected chi connectivity index (χ1v) is 11.9. The highest BCUT2D eigenvalue weighted by atomic mass is 35.5. The third-order valence-corrected chi connectivity index (χ3v) is 6.64. The van der Waals surface area contributed by atoms with Crippen molar-refractivity contribution in [2.45, 2.75) is 26.3 Å². The van der Waals surface area contributed by atoms with E-state index in [1.165, 1.54) is 38.2 Å². The molecule has 0 saturated heterocycles. The summed E-state index contributed by atoms with van der Waals surface area (Å²) in [6, 6.07) is 9.59. The van der Waals surface area contributed by atoms with Gasteiger partial charge in [0.2, 0.25) is 5.75 Å². The van der Waals surface area contributed by atoms with Crippen molar-refractivity contribution in [3.05, 3.63) is 60.2 Å². The highest BCUT2D eigenvalue weighted by Crippen LogP contribution is 2.39. The van der Waals surface area contributed by atoms with Crippen molar-refractivity contribution in [1.29, 1.82) is 0 Å². The molecule has 186 valence electrons. The van der Waals surface area contributed by atoms with Crippen LogP contribution in [0.15, 0.2) is 49.1 Å². The number of methoxy groups -OCH3 is 3. The van der Waals surface area contributed by atoms with Gasteiger partial charge in [-0.05, 0) is 42.7 Å². The molecule has 0 saturated carbocycles. The number of carbonyl (C=O) groups is 1. The standard InChI is InChI=1S/C25H28N4O4S.ClH/c1-5-17-7-8-19-22(13-17)34-25(27-19)29(11-6-10-28-12-9-26-16-28)24(30)18-14-20(31-2)23(33-4)21(15-18)32-3;/h7-9,12-16H,5-6,10-11H2,1-4H3;1H. The Morgan fingerprint density at radius 1 is 1.09 bits per heavy atom. The van der Waals surface area contributed by atoms with Crippen molar-refractivity contribution in [2.24, 2.45) is 0 Å². The largest absolute Gasteiger partial charge is 0.493 e. The second-order valence-electron chi connectivity index (χ2n) is 7.68. The molecule has 4 rings (SSSR count). The minimum Gasteiger partial charge on any atom is -0.493 e. The van der Waals surface area contributed by atoms with Crippen LogP contribution in [-0.4, -0.2) is 48.3 Å². The molecule has 0 fully saturated rings. The summed E-state index contributed by atoms with van der Waals surface area (Å²) in [7, 11) is 4.61. The van der Waals surface area contributed by atoms with Crippen LogP contribution in [0.4, 0.5) is 5.13 Å². The number of amides is 1. The van der Waals surface area contributed by atoms with Crippen molar-refractivity contribution in [3.63, 3.8) is 0 Å². The lowest BCUT2D eigenvalue weighted by molar-refractivity contribution is 0.0985. The number of anilines is 1. The summed E-state index contributed by atoms with van der Waals surface area (Å²) in [5.74, 6) is 1.13.